The first kappa shape index (κ1) is 6.81. The molecule has 1 rings (SSSR count). The van der Waals surface area contributed by atoms with E-state index in [0.717, 1.165) is 6.54 Å². The summed E-state index contributed by atoms with van der Waals surface area (Å²) in [7, 11) is 0. The van der Waals surface area contributed by atoms with Gasteiger partial charge in [0.2, 0.25) is 0 Å². The van der Waals surface area contributed by atoms with Crippen molar-refractivity contribution in [3.63, 3.8) is 0 Å². The first-order valence-corrected chi connectivity index (χ1v) is 3.82. The van der Waals surface area contributed by atoms with Gasteiger partial charge in [-0.05, 0) is 19.4 Å². The largest absolute Gasteiger partial charge is 0.313 e. The second-order valence-corrected chi connectivity index (χ2v) is 2.57. The molecule has 0 aliphatic carbocycles. The van der Waals surface area contributed by atoms with Crippen LogP contribution in [-0.2, 0) is 0 Å². The Morgan fingerprint density at radius 1 is 1.67 bits per heavy atom. The van der Waals surface area contributed by atoms with Crippen molar-refractivity contribution in [3.05, 3.63) is 11.6 Å². The van der Waals surface area contributed by atoms with E-state index in [2.05, 4.69) is 18.3 Å². The van der Waals surface area contributed by atoms with Crippen LogP contribution in [0.3, 0.4) is 0 Å². The molecule has 0 fully saturated rings. The molecule has 1 heterocycles. The molecule has 1 N–H and O–H groups in total. The van der Waals surface area contributed by atoms with Crippen molar-refractivity contribution in [2.75, 3.05) is 13.1 Å². The van der Waals surface area contributed by atoms with Gasteiger partial charge in [0, 0.05) is 6.54 Å². The number of nitrogens with one attached hydrogen (secondary N) is 1. The monoisotopic (exact) mass is 125 g/mol. The van der Waals surface area contributed by atoms with Gasteiger partial charge in [-0.1, -0.05) is 25.0 Å². The van der Waals surface area contributed by atoms with Gasteiger partial charge in [-0.15, -0.1) is 0 Å². The number of hydrogen-bond acceptors (Lipinski definition) is 1. The normalized spacial score (nSPS) is 19.4. The van der Waals surface area contributed by atoms with Crippen molar-refractivity contribution in [1.82, 2.24) is 5.32 Å². The quantitative estimate of drug-likeness (QED) is 0.554. The van der Waals surface area contributed by atoms with E-state index in [9.17, 15) is 0 Å². The lowest BCUT2D eigenvalue weighted by Gasteiger charge is -2.12. The van der Waals surface area contributed by atoms with Crippen molar-refractivity contribution in [2.45, 2.75) is 26.2 Å². The molecular formula is C8H15N. The van der Waals surface area contributed by atoms with Crippen LogP contribution in [0.25, 0.3) is 0 Å². The van der Waals surface area contributed by atoms with Crippen molar-refractivity contribution in [3.8, 4) is 0 Å². The first-order chi connectivity index (χ1) is 4.43. The van der Waals surface area contributed by atoms with E-state index in [1.165, 1.54) is 25.8 Å². The zero-order chi connectivity index (χ0) is 6.53. The Kier molecular flexibility index (Phi) is 2.78. The lowest BCUT2D eigenvalue weighted by atomic mass is 10.1. The van der Waals surface area contributed by atoms with Crippen LogP contribution in [-0.4, -0.2) is 13.1 Å². The summed E-state index contributed by atoms with van der Waals surface area (Å²) in [4.78, 5) is 0. The lowest BCUT2D eigenvalue weighted by molar-refractivity contribution is 0.674. The fraction of sp³-hybridized carbons (Fsp3) is 0.750. The molecule has 0 saturated carbocycles. The Morgan fingerprint density at radius 3 is 3.11 bits per heavy atom. The van der Waals surface area contributed by atoms with E-state index in [0.29, 0.717) is 0 Å². The van der Waals surface area contributed by atoms with Gasteiger partial charge in [0.05, 0.1) is 0 Å². The van der Waals surface area contributed by atoms with Gasteiger partial charge in [-0.25, -0.2) is 0 Å². The summed E-state index contributed by atoms with van der Waals surface area (Å²) in [5.41, 5.74) is 1.65. The number of hydrogen-bond donors (Lipinski definition) is 1. The lowest BCUT2D eigenvalue weighted by Crippen LogP contribution is -2.20. The van der Waals surface area contributed by atoms with Gasteiger partial charge in [0.1, 0.15) is 0 Å². The highest BCUT2D eigenvalue weighted by molar-refractivity contribution is 5.06. The standard InChI is InChI=1S/C8H15N/c1-2-3-8-4-6-9-7-5-8/h4,9H,2-3,5-7H2,1H3. The highest BCUT2D eigenvalue weighted by Gasteiger charge is 1.99. The molecule has 0 amide bonds. The fourth-order valence-electron chi connectivity index (χ4n) is 1.22. The molecule has 0 saturated heterocycles. The van der Waals surface area contributed by atoms with E-state index >= 15 is 0 Å². The Morgan fingerprint density at radius 2 is 2.56 bits per heavy atom. The molecule has 52 valence electrons. The van der Waals surface area contributed by atoms with E-state index in [4.69, 9.17) is 0 Å². The van der Waals surface area contributed by atoms with Gasteiger partial charge in [0.25, 0.3) is 0 Å². The molecule has 9 heavy (non-hydrogen) atoms. The first-order valence-electron chi connectivity index (χ1n) is 3.82. The third-order valence-corrected chi connectivity index (χ3v) is 1.73. The van der Waals surface area contributed by atoms with Crippen LogP contribution in [0.4, 0.5) is 0 Å². The molecule has 0 bridgehead atoms. The van der Waals surface area contributed by atoms with Crippen LogP contribution in [0.1, 0.15) is 26.2 Å². The predicted molar refractivity (Wildman–Crippen MR) is 40.5 cm³/mol. The summed E-state index contributed by atoms with van der Waals surface area (Å²) >= 11 is 0. The molecule has 1 nitrogen and oxygen atoms in total. The van der Waals surface area contributed by atoms with E-state index in [1.54, 1.807) is 5.57 Å². The molecule has 1 heteroatoms. The fourth-order valence-corrected chi connectivity index (χ4v) is 1.22. The third kappa shape index (κ3) is 2.19. The Balaban J connectivity index is 2.28. The summed E-state index contributed by atoms with van der Waals surface area (Å²) in [5, 5.41) is 3.30. The van der Waals surface area contributed by atoms with Gasteiger partial charge in [-0.3, -0.25) is 0 Å². The minimum Gasteiger partial charge on any atom is -0.313 e. The van der Waals surface area contributed by atoms with Crippen LogP contribution in [0.15, 0.2) is 11.6 Å². The van der Waals surface area contributed by atoms with Crippen molar-refractivity contribution >= 4 is 0 Å². The minimum atomic E-state index is 1.09. The Bertz CT molecular complexity index is 105. The van der Waals surface area contributed by atoms with Gasteiger partial charge < -0.3 is 5.32 Å². The third-order valence-electron chi connectivity index (χ3n) is 1.73. The summed E-state index contributed by atoms with van der Waals surface area (Å²) in [5.74, 6) is 0. The smallest absolute Gasteiger partial charge is 0.0137 e. The molecule has 0 spiro atoms. The maximum absolute atomic E-state index is 3.30. The highest BCUT2D eigenvalue weighted by Crippen LogP contribution is 2.10. The Labute approximate surface area is 57.1 Å². The van der Waals surface area contributed by atoms with Crippen LogP contribution in [0, 0.1) is 0 Å². The van der Waals surface area contributed by atoms with Gasteiger partial charge >= 0.3 is 0 Å². The highest BCUT2D eigenvalue weighted by atomic mass is 14.8. The zero-order valence-electron chi connectivity index (χ0n) is 6.11. The van der Waals surface area contributed by atoms with Crippen LogP contribution in [0.5, 0.6) is 0 Å². The van der Waals surface area contributed by atoms with Crippen LogP contribution < -0.4 is 5.32 Å². The van der Waals surface area contributed by atoms with E-state index < -0.39 is 0 Å². The van der Waals surface area contributed by atoms with Crippen LogP contribution in [0.2, 0.25) is 0 Å². The molecule has 0 aromatic rings. The molecule has 0 radical (unpaired) electrons. The maximum Gasteiger partial charge on any atom is 0.0137 e. The molecular weight excluding hydrogens is 110 g/mol. The molecule has 0 unspecified atom stereocenters. The predicted octanol–water partition coefficient (Wildman–Crippen LogP) is 1.71. The molecule has 0 atom stereocenters. The van der Waals surface area contributed by atoms with Gasteiger partial charge in [0.15, 0.2) is 0 Å². The minimum absolute atomic E-state index is 1.09. The molecule has 0 aromatic carbocycles. The summed E-state index contributed by atoms with van der Waals surface area (Å²) < 4.78 is 0. The zero-order valence-corrected chi connectivity index (χ0v) is 6.11. The maximum atomic E-state index is 3.30. The summed E-state index contributed by atoms with van der Waals surface area (Å²) in [6.07, 6.45) is 6.20. The average Bonchev–Trinajstić information content (AvgIpc) is 1.91. The topological polar surface area (TPSA) is 12.0 Å². The number of rotatable bonds is 2. The van der Waals surface area contributed by atoms with E-state index in [1.807, 2.05) is 0 Å². The second kappa shape index (κ2) is 3.67. The van der Waals surface area contributed by atoms with Crippen LogP contribution >= 0.6 is 0 Å². The summed E-state index contributed by atoms with van der Waals surface area (Å²) in [6, 6.07) is 0. The van der Waals surface area contributed by atoms with E-state index in [-0.39, 0.29) is 0 Å². The van der Waals surface area contributed by atoms with Crippen molar-refractivity contribution in [2.24, 2.45) is 0 Å². The molecule has 0 aromatic heterocycles. The van der Waals surface area contributed by atoms with Crippen molar-refractivity contribution < 1.29 is 0 Å². The van der Waals surface area contributed by atoms with Crippen molar-refractivity contribution in [1.29, 1.82) is 0 Å². The summed E-state index contributed by atoms with van der Waals surface area (Å²) in [6.45, 7) is 4.52. The Hall–Kier alpha value is -0.300. The second-order valence-electron chi connectivity index (χ2n) is 2.57. The molecule has 1 aliphatic rings. The molecule has 1 aliphatic heterocycles. The average molecular weight is 125 g/mol. The SMILES string of the molecule is CCCC1=CCNCC1. The van der Waals surface area contributed by atoms with Gasteiger partial charge in [-0.2, -0.15) is 0 Å².